The van der Waals surface area contributed by atoms with Gasteiger partial charge in [-0.2, -0.15) is 0 Å². The fourth-order valence-electron chi connectivity index (χ4n) is 8.74. The largest absolute Gasteiger partial charge is 0.478 e. The number of carboxylic acids is 1. The molecule has 2 saturated heterocycles. The molecule has 12 nitrogen and oxygen atoms in total. The summed E-state index contributed by atoms with van der Waals surface area (Å²) in [7, 11) is 0. The number of nitrogens with zero attached hydrogens (tertiary/aromatic N) is 6. The minimum absolute atomic E-state index is 0. The Balaban J connectivity index is 0.000000171. The maximum Gasteiger partial charge on any atom is 0.335 e. The molecule has 8 aromatic rings. The van der Waals surface area contributed by atoms with Gasteiger partial charge in [-0.3, -0.25) is 24.4 Å². The molecular weight excluding hydrogens is 898 g/mol. The number of nitrogens with two attached hydrogens (primary N) is 1. The molecule has 4 heterocycles. The molecule has 0 bridgehead atoms. The van der Waals surface area contributed by atoms with Gasteiger partial charge >= 0.3 is 5.97 Å². The standard InChI is InChI=1S/C29H27N3O2.C18H21N3O.C10H7NO2.ClH/c33-28(24-10-11-25-21-30-15-14-23(25)20-24)12-13-29(34)32-18-16-31(17-19-32)27-9-5-4-8-26(27)22-6-2-1-3-7-22;19-14-18(22)21-12-10-20(11-13-21)17-9-5-4-8-16(17)15-6-2-1-3-7-15;12-10(13)8-1-2-9-6-11-4-3-7(9)5-8;/h1-11,14-15,20-21H,12-13,16-19H2;1-9H,10-14,19H2;1-6H,(H,12,13);1H. The van der Waals surface area contributed by atoms with Crippen LogP contribution >= 0.6 is 12.4 Å². The Morgan fingerprint density at radius 2 is 0.900 bits per heavy atom. The molecule has 0 saturated carbocycles. The number of para-hydroxylation sites is 2. The second kappa shape index (κ2) is 24.4. The number of fused-ring (bicyclic) bond motifs is 2. The number of rotatable bonds is 10. The quantitative estimate of drug-likeness (QED) is 0.127. The lowest BCUT2D eigenvalue weighted by atomic mass is 10.0. The van der Waals surface area contributed by atoms with E-state index in [1.807, 2.05) is 46.2 Å². The number of ketones is 1. The van der Waals surface area contributed by atoms with Crippen LogP contribution in [0.2, 0.25) is 0 Å². The zero-order valence-corrected chi connectivity index (χ0v) is 39.7. The summed E-state index contributed by atoms with van der Waals surface area (Å²) in [6.45, 7) is 6.15. The molecule has 6 aromatic carbocycles. The fourth-order valence-corrected chi connectivity index (χ4v) is 8.74. The Morgan fingerprint density at radius 1 is 0.471 bits per heavy atom. The predicted octanol–water partition coefficient (Wildman–Crippen LogP) is 9.53. The highest BCUT2D eigenvalue weighted by atomic mass is 35.5. The van der Waals surface area contributed by atoms with Crippen molar-refractivity contribution >= 4 is 68.9 Å². The van der Waals surface area contributed by atoms with Crippen LogP contribution in [0.1, 0.15) is 33.6 Å². The average molecular weight is 955 g/mol. The number of aromatic carboxylic acids is 1. The van der Waals surface area contributed by atoms with Crippen LogP contribution in [0.3, 0.4) is 0 Å². The number of benzene rings is 6. The predicted molar refractivity (Wildman–Crippen MR) is 282 cm³/mol. The second-order valence-corrected chi connectivity index (χ2v) is 16.8. The number of halogens is 1. The Bertz CT molecular complexity index is 3030. The Hall–Kier alpha value is -7.93. The summed E-state index contributed by atoms with van der Waals surface area (Å²) in [4.78, 5) is 64.3. The minimum atomic E-state index is -0.904. The van der Waals surface area contributed by atoms with Crippen LogP contribution in [0.25, 0.3) is 43.8 Å². The topological polar surface area (TPSA) is 153 Å². The third-order valence-electron chi connectivity index (χ3n) is 12.5. The summed E-state index contributed by atoms with van der Waals surface area (Å²) in [5.41, 5.74) is 13.7. The number of carbonyl (C=O) groups excluding carboxylic acids is 3. The number of carboxylic acid groups (broad SMARTS) is 1. The summed E-state index contributed by atoms with van der Waals surface area (Å²) in [6, 6.07) is 51.9. The van der Waals surface area contributed by atoms with Crippen molar-refractivity contribution in [2.45, 2.75) is 12.8 Å². The van der Waals surface area contributed by atoms with Gasteiger partial charge in [-0.1, -0.05) is 115 Å². The third kappa shape index (κ3) is 12.6. The number of anilines is 2. The van der Waals surface area contributed by atoms with E-state index in [1.165, 1.54) is 33.6 Å². The smallest absolute Gasteiger partial charge is 0.335 e. The van der Waals surface area contributed by atoms with E-state index >= 15 is 0 Å². The Morgan fingerprint density at radius 3 is 1.37 bits per heavy atom. The number of carbonyl (C=O) groups is 4. The Kier molecular flexibility index (Phi) is 17.4. The number of aromatic nitrogens is 2. The van der Waals surface area contributed by atoms with Gasteiger partial charge in [0, 0.05) is 129 Å². The first-order valence-electron chi connectivity index (χ1n) is 23.2. The van der Waals surface area contributed by atoms with E-state index in [9.17, 15) is 19.2 Å². The van der Waals surface area contributed by atoms with Crippen molar-refractivity contribution in [1.82, 2.24) is 19.8 Å². The molecule has 0 unspecified atom stereocenters. The number of Topliss-reactive ketones (excluding diaryl/α,β-unsaturated/α-hetero) is 1. The molecule has 0 atom stereocenters. The highest BCUT2D eigenvalue weighted by Gasteiger charge is 2.24. The van der Waals surface area contributed by atoms with Crippen molar-refractivity contribution in [3.63, 3.8) is 0 Å². The number of piperazine rings is 2. The monoisotopic (exact) mass is 953 g/mol. The molecule has 13 heteroatoms. The minimum Gasteiger partial charge on any atom is -0.478 e. The van der Waals surface area contributed by atoms with E-state index in [0.29, 0.717) is 24.2 Å². The molecule has 70 heavy (non-hydrogen) atoms. The van der Waals surface area contributed by atoms with Gasteiger partial charge in [-0.05, 0) is 64.4 Å². The molecule has 3 N–H and O–H groups in total. The van der Waals surface area contributed by atoms with E-state index in [2.05, 4.69) is 117 Å². The van der Waals surface area contributed by atoms with Gasteiger partial charge in [0.15, 0.2) is 5.78 Å². The lowest BCUT2D eigenvalue weighted by Gasteiger charge is -2.37. The highest BCUT2D eigenvalue weighted by Crippen LogP contribution is 2.33. The van der Waals surface area contributed by atoms with E-state index in [-0.39, 0.29) is 49.4 Å². The molecule has 2 aliphatic rings. The van der Waals surface area contributed by atoms with E-state index in [1.54, 1.807) is 49.1 Å². The first-order chi connectivity index (χ1) is 33.7. The van der Waals surface area contributed by atoms with E-state index < -0.39 is 5.97 Å². The number of hydrogen-bond acceptors (Lipinski definition) is 9. The second-order valence-electron chi connectivity index (χ2n) is 16.8. The number of hydrogen-bond donors (Lipinski definition) is 2. The van der Waals surface area contributed by atoms with Crippen molar-refractivity contribution in [2.75, 3.05) is 68.7 Å². The first-order valence-corrected chi connectivity index (χ1v) is 23.2. The summed E-state index contributed by atoms with van der Waals surface area (Å²) in [5.74, 6) is -0.813. The van der Waals surface area contributed by atoms with Crippen molar-refractivity contribution < 1.29 is 24.3 Å². The van der Waals surface area contributed by atoms with Gasteiger partial charge in [0.05, 0.1) is 12.1 Å². The molecule has 2 fully saturated rings. The summed E-state index contributed by atoms with van der Waals surface area (Å²) in [6.07, 6.45) is 7.33. The first kappa shape index (κ1) is 50.0. The molecule has 10 rings (SSSR count). The van der Waals surface area contributed by atoms with E-state index in [0.717, 1.165) is 60.8 Å². The van der Waals surface area contributed by atoms with Crippen LogP contribution < -0.4 is 15.5 Å². The van der Waals surface area contributed by atoms with Crippen molar-refractivity contribution in [2.24, 2.45) is 5.73 Å². The summed E-state index contributed by atoms with van der Waals surface area (Å²) < 4.78 is 0. The van der Waals surface area contributed by atoms with Crippen LogP contribution in [-0.4, -0.2) is 107 Å². The van der Waals surface area contributed by atoms with Crippen LogP contribution in [0.15, 0.2) is 183 Å². The summed E-state index contributed by atoms with van der Waals surface area (Å²) >= 11 is 0. The van der Waals surface area contributed by atoms with Gasteiger partial charge < -0.3 is 30.4 Å². The van der Waals surface area contributed by atoms with Crippen LogP contribution in [0.5, 0.6) is 0 Å². The van der Waals surface area contributed by atoms with Gasteiger partial charge in [0.1, 0.15) is 0 Å². The Labute approximate surface area is 414 Å². The average Bonchev–Trinajstić information content (AvgIpc) is 3.42. The normalized spacial score (nSPS) is 13.3. The maximum absolute atomic E-state index is 12.8. The SMILES string of the molecule is Cl.NCC(=O)N1CCN(c2ccccc2-c2ccccc2)CC1.O=C(CCC(=O)N1CCN(c2ccccc2-c2ccccc2)CC1)c1ccc2cnccc2c1.O=C(O)c1ccc2cnccc2c1. The van der Waals surface area contributed by atoms with Crippen molar-refractivity contribution in [3.05, 3.63) is 194 Å². The molecular formula is C57H56ClN7O5. The number of pyridine rings is 2. The van der Waals surface area contributed by atoms with Gasteiger partial charge in [-0.15, -0.1) is 12.4 Å². The maximum atomic E-state index is 12.8. The third-order valence-corrected chi connectivity index (χ3v) is 12.5. The van der Waals surface area contributed by atoms with Crippen molar-refractivity contribution in [3.8, 4) is 22.3 Å². The zero-order valence-electron chi connectivity index (χ0n) is 38.8. The molecule has 0 aliphatic carbocycles. The molecule has 0 radical (unpaired) electrons. The van der Waals surface area contributed by atoms with E-state index in [4.69, 9.17) is 10.8 Å². The van der Waals surface area contributed by atoms with Gasteiger partial charge in [-0.25, -0.2) is 4.79 Å². The number of amides is 2. The molecule has 2 aliphatic heterocycles. The fraction of sp³-hybridized carbons (Fsp3) is 0.193. The van der Waals surface area contributed by atoms with Gasteiger partial charge in [0.25, 0.3) is 0 Å². The highest BCUT2D eigenvalue weighted by molar-refractivity contribution is 6.01. The zero-order chi connectivity index (χ0) is 48.0. The van der Waals surface area contributed by atoms with Crippen LogP contribution in [-0.2, 0) is 9.59 Å². The lowest BCUT2D eigenvalue weighted by Crippen LogP contribution is -2.50. The molecule has 356 valence electrons. The van der Waals surface area contributed by atoms with Crippen LogP contribution in [0, 0.1) is 0 Å². The molecule has 2 aromatic heterocycles. The molecule has 2 amide bonds. The van der Waals surface area contributed by atoms with Gasteiger partial charge in [0.2, 0.25) is 11.8 Å². The summed E-state index contributed by atoms with van der Waals surface area (Å²) in [5, 5.41) is 12.6. The lowest BCUT2D eigenvalue weighted by molar-refractivity contribution is -0.131. The molecule has 0 spiro atoms. The van der Waals surface area contributed by atoms with Crippen LogP contribution in [0.4, 0.5) is 11.4 Å². The van der Waals surface area contributed by atoms with Crippen molar-refractivity contribution in [1.29, 1.82) is 0 Å².